The van der Waals surface area contributed by atoms with E-state index in [0.29, 0.717) is 24.2 Å². The van der Waals surface area contributed by atoms with E-state index < -0.39 is 25.6 Å². The van der Waals surface area contributed by atoms with Crippen LogP contribution in [0.5, 0.6) is 0 Å². The van der Waals surface area contributed by atoms with Crippen LogP contribution in [0.3, 0.4) is 0 Å². The number of hydrogen-bond donors (Lipinski definition) is 2. The lowest BCUT2D eigenvalue weighted by molar-refractivity contribution is 0.102. The Kier molecular flexibility index (Phi) is 20.1. The molecule has 3 aromatic rings. The zero-order chi connectivity index (χ0) is 37.5. The van der Waals surface area contributed by atoms with Crippen molar-refractivity contribution < 1.29 is 21.6 Å². The summed E-state index contributed by atoms with van der Waals surface area (Å²) in [5.74, 6) is -0.822. The standard InChI is InChI=1S/C43H64N2O5S2/c1-3-5-7-9-11-13-15-17-19-27-33-51(47,48)39-35-40(43(46)45-38-31-25-22-26-32-38)42(44-37-29-23-21-24-30-37)41(36-39)52(49,50)34-28-20-18-16-14-12-10-8-6-4-2/h21-26,29-32,35-36,44H,3-20,27-28,33-34H2,1-2H3,(H,45,46). The van der Waals surface area contributed by atoms with E-state index in [2.05, 4.69) is 24.5 Å². The van der Waals surface area contributed by atoms with Crippen LogP contribution in [0, 0.1) is 0 Å². The largest absolute Gasteiger partial charge is 0.354 e. The van der Waals surface area contributed by atoms with Crippen molar-refractivity contribution in [2.24, 2.45) is 0 Å². The number of unbranched alkanes of at least 4 members (excludes halogenated alkanes) is 18. The third-order valence-electron chi connectivity index (χ3n) is 9.62. The molecule has 288 valence electrons. The number of carbonyl (C=O) groups excluding carboxylic acids is 1. The molecule has 0 unspecified atom stereocenters. The summed E-state index contributed by atoms with van der Waals surface area (Å²) < 4.78 is 56.0. The van der Waals surface area contributed by atoms with Gasteiger partial charge in [0.2, 0.25) is 0 Å². The molecule has 3 aromatic carbocycles. The molecule has 1 amide bonds. The SMILES string of the molecule is CCCCCCCCCCCCS(=O)(=O)c1cc(C(=O)Nc2ccccc2)c(Nc2ccccc2)c(S(=O)(=O)CCCCCCCCCCCC)c1. The molecule has 0 aliphatic carbocycles. The Balaban J connectivity index is 1.85. The van der Waals surface area contributed by atoms with Gasteiger partial charge < -0.3 is 10.6 Å². The van der Waals surface area contributed by atoms with Gasteiger partial charge in [0.1, 0.15) is 0 Å². The zero-order valence-electron chi connectivity index (χ0n) is 31.8. The summed E-state index contributed by atoms with van der Waals surface area (Å²) in [6.45, 7) is 4.42. The van der Waals surface area contributed by atoms with Gasteiger partial charge in [-0.15, -0.1) is 0 Å². The maximum Gasteiger partial charge on any atom is 0.257 e. The fourth-order valence-corrected chi connectivity index (χ4v) is 9.57. The van der Waals surface area contributed by atoms with Gasteiger partial charge in [0, 0.05) is 11.4 Å². The van der Waals surface area contributed by atoms with E-state index in [9.17, 15) is 21.6 Å². The molecule has 0 aliphatic rings. The summed E-state index contributed by atoms with van der Waals surface area (Å²) in [5.41, 5.74) is 1.17. The highest BCUT2D eigenvalue weighted by Crippen LogP contribution is 2.35. The summed E-state index contributed by atoms with van der Waals surface area (Å²) >= 11 is 0. The summed E-state index contributed by atoms with van der Waals surface area (Å²) in [6.07, 6.45) is 21.4. The normalized spacial score (nSPS) is 11.8. The van der Waals surface area contributed by atoms with Crippen molar-refractivity contribution in [2.45, 2.75) is 152 Å². The van der Waals surface area contributed by atoms with Gasteiger partial charge in [-0.05, 0) is 49.2 Å². The number of hydrogen-bond acceptors (Lipinski definition) is 6. The molecule has 3 rings (SSSR count). The quantitative estimate of drug-likeness (QED) is 0.0715. The second-order valence-electron chi connectivity index (χ2n) is 14.2. The smallest absolute Gasteiger partial charge is 0.257 e. The van der Waals surface area contributed by atoms with Crippen molar-refractivity contribution in [2.75, 3.05) is 22.1 Å². The van der Waals surface area contributed by atoms with Gasteiger partial charge in [-0.3, -0.25) is 4.79 Å². The van der Waals surface area contributed by atoms with Crippen molar-refractivity contribution in [3.05, 3.63) is 78.4 Å². The number of carbonyl (C=O) groups is 1. The lowest BCUT2D eigenvalue weighted by Gasteiger charge is -2.19. The van der Waals surface area contributed by atoms with Crippen LogP contribution < -0.4 is 10.6 Å². The molecule has 7 nitrogen and oxygen atoms in total. The Morgan fingerprint density at radius 3 is 1.37 bits per heavy atom. The minimum absolute atomic E-state index is 0.0292. The fourth-order valence-electron chi connectivity index (χ4n) is 6.50. The Hall–Kier alpha value is -3.17. The molecule has 0 bridgehead atoms. The predicted octanol–water partition coefficient (Wildman–Crippen LogP) is 12.1. The molecule has 0 radical (unpaired) electrons. The molecular formula is C43H64N2O5S2. The lowest BCUT2D eigenvalue weighted by Crippen LogP contribution is -2.19. The molecule has 0 fully saturated rings. The van der Waals surface area contributed by atoms with Crippen molar-refractivity contribution in [3.63, 3.8) is 0 Å². The molecule has 52 heavy (non-hydrogen) atoms. The summed E-state index contributed by atoms with van der Waals surface area (Å²) in [4.78, 5) is 13.6. The first kappa shape index (κ1) is 43.2. The van der Waals surface area contributed by atoms with E-state index in [1.165, 1.54) is 76.3 Å². The molecule has 0 aromatic heterocycles. The molecule has 0 heterocycles. The Morgan fingerprint density at radius 1 is 0.500 bits per heavy atom. The van der Waals surface area contributed by atoms with Gasteiger partial charge in [0.05, 0.1) is 32.5 Å². The Morgan fingerprint density at radius 2 is 0.904 bits per heavy atom. The first-order valence-electron chi connectivity index (χ1n) is 20.0. The topological polar surface area (TPSA) is 109 Å². The van der Waals surface area contributed by atoms with Crippen LogP contribution in [0.25, 0.3) is 0 Å². The summed E-state index contributed by atoms with van der Waals surface area (Å²) in [7, 11) is -7.87. The van der Waals surface area contributed by atoms with E-state index >= 15 is 0 Å². The van der Waals surface area contributed by atoms with Gasteiger partial charge in [-0.1, -0.05) is 166 Å². The highest BCUT2D eigenvalue weighted by atomic mass is 32.2. The van der Waals surface area contributed by atoms with Crippen LogP contribution in [-0.4, -0.2) is 34.2 Å². The molecule has 0 atom stereocenters. The number of anilines is 3. The van der Waals surface area contributed by atoms with Crippen molar-refractivity contribution in [1.29, 1.82) is 0 Å². The first-order valence-corrected chi connectivity index (χ1v) is 23.3. The van der Waals surface area contributed by atoms with E-state index in [4.69, 9.17) is 0 Å². The number of amides is 1. The van der Waals surface area contributed by atoms with Gasteiger partial charge >= 0.3 is 0 Å². The van der Waals surface area contributed by atoms with Gasteiger partial charge in [0.25, 0.3) is 5.91 Å². The zero-order valence-corrected chi connectivity index (χ0v) is 33.5. The van der Waals surface area contributed by atoms with Gasteiger partial charge in [0.15, 0.2) is 19.7 Å². The third-order valence-corrected chi connectivity index (χ3v) is 13.2. The first-order chi connectivity index (χ1) is 25.2. The fraction of sp³-hybridized carbons (Fsp3) is 0.558. The number of sulfone groups is 2. The van der Waals surface area contributed by atoms with E-state index in [0.717, 1.165) is 51.4 Å². The maximum atomic E-state index is 14.2. The second-order valence-corrected chi connectivity index (χ2v) is 18.3. The second kappa shape index (κ2) is 24.2. The summed E-state index contributed by atoms with van der Waals surface area (Å²) in [5, 5.41) is 6.03. The minimum Gasteiger partial charge on any atom is -0.354 e. The van der Waals surface area contributed by atoms with Crippen LogP contribution in [0.4, 0.5) is 17.1 Å². The summed E-state index contributed by atoms with van der Waals surface area (Å²) in [6, 6.07) is 20.5. The van der Waals surface area contributed by atoms with Crippen molar-refractivity contribution >= 4 is 42.6 Å². The van der Waals surface area contributed by atoms with E-state index in [-0.39, 0.29) is 32.5 Å². The van der Waals surface area contributed by atoms with Gasteiger partial charge in [-0.2, -0.15) is 0 Å². The highest BCUT2D eigenvalue weighted by Gasteiger charge is 2.29. The van der Waals surface area contributed by atoms with Gasteiger partial charge in [-0.25, -0.2) is 16.8 Å². The molecule has 9 heteroatoms. The van der Waals surface area contributed by atoms with E-state index in [1.54, 1.807) is 36.4 Å². The number of rotatable bonds is 28. The Bertz CT molecular complexity index is 1660. The number of benzene rings is 3. The number of nitrogens with one attached hydrogen (secondary N) is 2. The lowest BCUT2D eigenvalue weighted by atomic mass is 10.1. The maximum absolute atomic E-state index is 14.2. The van der Waals surface area contributed by atoms with Crippen molar-refractivity contribution in [3.8, 4) is 0 Å². The molecular weight excluding hydrogens is 689 g/mol. The van der Waals surface area contributed by atoms with Crippen LogP contribution in [0.2, 0.25) is 0 Å². The van der Waals surface area contributed by atoms with Crippen molar-refractivity contribution in [1.82, 2.24) is 0 Å². The average Bonchev–Trinajstić information content (AvgIpc) is 3.14. The molecule has 2 N–H and O–H groups in total. The van der Waals surface area contributed by atoms with E-state index in [1.807, 2.05) is 24.3 Å². The minimum atomic E-state index is -3.98. The average molecular weight is 753 g/mol. The monoisotopic (exact) mass is 752 g/mol. The molecule has 0 aliphatic heterocycles. The Labute approximate surface area is 315 Å². The number of para-hydroxylation sites is 2. The highest BCUT2D eigenvalue weighted by molar-refractivity contribution is 7.92. The predicted molar refractivity (Wildman–Crippen MR) is 218 cm³/mol. The third kappa shape index (κ3) is 15.8. The van der Waals surface area contributed by atoms with Crippen LogP contribution >= 0.6 is 0 Å². The molecule has 0 saturated carbocycles. The molecule has 0 saturated heterocycles. The van der Waals surface area contributed by atoms with Crippen LogP contribution in [0.15, 0.2) is 82.6 Å². The van der Waals surface area contributed by atoms with Crippen LogP contribution in [0.1, 0.15) is 153 Å². The molecule has 0 spiro atoms. The van der Waals surface area contributed by atoms with Crippen LogP contribution in [-0.2, 0) is 19.7 Å².